The van der Waals surface area contributed by atoms with Crippen molar-refractivity contribution in [3.8, 4) is 5.69 Å². The summed E-state index contributed by atoms with van der Waals surface area (Å²) in [5.41, 5.74) is 0.723. The molecule has 2 aliphatic heterocycles. The highest BCUT2D eigenvalue weighted by Crippen LogP contribution is 2.28. The third kappa shape index (κ3) is 3.50. The molecule has 4 rings (SSSR count). The minimum absolute atomic E-state index is 0.122. The van der Waals surface area contributed by atoms with Crippen LogP contribution in [0.4, 0.5) is 4.79 Å². The molecule has 1 aromatic heterocycles. The maximum atomic E-state index is 12.7. The third-order valence-electron chi connectivity index (χ3n) is 5.72. The maximum Gasteiger partial charge on any atom is 0.350 e. The molecule has 2 fully saturated rings. The fourth-order valence-electron chi connectivity index (χ4n) is 4.18. The van der Waals surface area contributed by atoms with Crippen LogP contribution in [0.15, 0.2) is 35.1 Å². The first-order chi connectivity index (χ1) is 13.1. The smallest absolute Gasteiger partial charge is 0.325 e. The highest BCUT2D eigenvalue weighted by atomic mass is 16.2. The van der Waals surface area contributed by atoms with Crippen LogP contribution in [0.3, 0.4) is 0 Å². The van der Waals surface area contributed by atoms with Crippen molar-refractivity contribution in [2.24, 2.45) is 7.05 Å². The van der Waals surface area contributed by atoms with Gasteiger partial charge in [-0.3, -0.25) is 0 Å². The van der Waals surface area contributed by atoms with E-state index in [1.54, 1.807) is 11.6 Å². The lowest BCUT2D eigenvalue weighted by Gasteiger charge is -2.36. The number of hydrogen-bond donors (Lipinski definition) is 0. The van der Waals surface area contributed by atoms with Crippen LogP contribution in [-0.2, 0) is 7.05 Å². The summed E-state index contributed by atoms with van der Waals surface area (Å²) < 4.78 is 3.13. The molecule has 7 nitrogen and oxygen atoms in total. The fourth-order valence-corrected chi connectivity index (χ4v) is 4.18. The van der Waals surface area contributed by atoms with E-state index in [1.165, 1.54) is 11.1 Å². The fraction of sp³-hybridized carbons (Fsp3) is 0.550. The van der Waals surface area contributed by atoms with Gasteiger partial charge in [-0.2, -0.15) is 5.10 Å². The Morgan fingerprint density at radius 3 is 2.26 bits per heavy atom. The van der Waals surface area contributed by atoms with Gasteiger partial charge in [-0.1, -0.05) is 18.2 Å². The number of carbonyl (C=O) groups excluding carboxylic acids is 1. The molecule has 7 heteroatoms. The lowest BCUT2D eigenvalue weighted by molar-refractivity contribution is 0.131. The van der Waals surface area contributed by atoms with E-state index in [0.29, 0.717) is 0 Å². The number of urea groups is 1. The monoisotopic (exact) mass is 369 g/mol. The second-order valence-electron chi connectivity index (χ2n) is 7.53. The number of carbonyl (C=O) groups is 1. The molecule has 0 unspecified atom stereocenters. The Hall–Kier alpha value is -2.57. The summed E-state index contributed by atoms with van der Waals surface area (Å²) in [5, 5.41) is 4.52. The van der Waals surface area contributed by atoms with Crippen LogP contribution < -0.4 is 5.69 Å². The molecular formula is C20H27N5O2. The van der Waals surface area contributed by atoms with Gasteiger partial charge >= 0.3 is 11.7 Å². The van der Waals surface area contributed by atoms with Gasteiger partial charge in [-0.05, 0) is 44.2 Å². The van der Waals surface area contributed by atoms with Gasteiger partial charge in [-0.25, -0.2) is 18.8 Å². The Balaban J connectivity index is 1.50. The van der Waals surface area contributed by atoms with Crippen LogP contribution in [0, 0.1) is 0 Å². The predicted octanol–water partition coefficient (Wildman–Crippen LogP) is 2.36. The molecule has 2 saturated heterocycles. The molecule has 0 atom stereocenters. The number of benzene rings is 1. The van der Waals surface area contributed by atoms with Gasteiger partial charge in [0.1, 0.15) is 5.82 Å². The highest BCUT2D eigenvalue weighted by Gasteiger charge is 2.30. The van der Waals surface area contributed by atoms with E-state index >= 15 is 0 Å². The number of amides is 2. The molecule has 1 aromatic carbocycles. The number of nitrogens with zero attached hydrogens (tertiary/aromatic N) is 5. The Bertz CT molecular complexity index is 843. The van der Waals surface area contributed by atoms with E-state index in [9.17, 15) is 9.59 Å². The lowest BCUT2D eigenvalue weighted by Crippen LogP contribution is -2.48. The second-order valence-corrected chi connectivity index (χ2v) is 7.53. The predicted molar refractivity (Wildman–Crippen MR) is 103 cm³/mol. The van der Waals surface area contributed by atoms with Crippen molar-refractivity contribution in [3.05, 3.63) is 46.6 Å². The Morgan fingerprint density at radius 1 is 0.963 bits per heavy atom. The number of hydrogen-bond acceptors (Lipinski definition) is 3. The van der Waals surface area contributed by atoms with Crippen molar-refractivity contribution in [2.75, 3.05) is 26.2 Å². The summed E-state index contributed by atoms with van der Waals surface area (Å²) in [6.07, 6.45) is 5.12. The molecule has 2 aromatic rings. The molecular weight excluding hydrogens is 342 g/mol. The van der Waals surface area contributed by atoms with E-state index in [1.807, 2.05) is 40.1 Å². The Labute approximate surface area is 159 Å². The zero-order chi connectivity index (χ0) is 18.8. The van der Waals surface area contributed by atoms with Crippen molar-refractivity contribution >= 4 is 6.03 Å². The number of aromatic nitrogens is 3. The van der Waals surface area contributed by atoms with Crippen molar-refractivity contribution in [1.82, 2.24) is 24.1 Å². The van der Waals surface area contributed by atoms with Gasteiger partial charge in [0.2, 0.25) is 0 Å². The van der Waals surface area contributed by atoms with E-state index in [-0.39, 0.29) is 17.6 Å². The molecule has 0 spiro atoms. The molecule has 3 heterocycles. The minimum Gasteiger partial charge on any atom is -0.325 e. The standard InChI is InChI=1S/C20H27N5O2/c1-22-19(26)25(17-8-4-2-5-9-17)18(21-22)16-10-14-24(15-11-16)20(27)23-12-6-3-7-13-23/h2,4-5,8-9,16H,3,6-7,10-15H2,1H3. The van der Waals surface area contributed by atoms with Crippen LogP contribution in [0.25, 0.3) is 5.69 Å². The summed E-state index contributed by atoms with van der Waals surface area (Å²) in [4.78, 5) is 29.3. The topological polar surface area (TPSA) is 63.4 Å². The molecule has 0 aliphatic carbocycles. The van der Waals surface area contributed by atoms with Crippen molar-refractivity contribution in [2.45, 2.75) is 38.0 Å². The lowest BCUT2D eigenvalue weighted by atomic mass is 9.96. The quantitative estimate of drug-likeness (QED) is 0.816. The summed E-state index contributed by atoms with van der Waals surface area (Å²) in [7, 11) is 1.69. The normalized spacial score (nSPS) is 18.7. The van der Waals surface area contributed by atoms with Crippen LogP contribution in [-0.4, -0.2) is 56.4 Å². The van der Waals surface area contributed by atoms with E-state index in [2.05, 4.69) is 5.10 Å². The summed E-state index contributed by atoms with van der Waals surface area (Å²) in [6, 6.07) is 9.84. The summed E-state index contributed by atoms with van der Waals surface area (Å²) >= 11 is 0. The van der Waals surface area contributed by atoms with Crippen molar-refractivity contribution in [1.29, 1.82) is 0 Å². The van der Waals surface area contributed by atoms with E-state index in [0.717, 1.165) is 63.4 Å². The van der Waals surface area contributed by atoms with Gasteiger partial charge < -0.3 is 9.80 Å². The second kappa shape index (κ2) is 7.58. The summed E-state index contributed by atoms with van der Waals surface area (Å²) in [5.74, 6) is 0.989. The first kappa shape index (κ1) is 17.8. The minimum atomic E-state index is -0.122. The van der Waals surface area contributed by atoms with Crippen LogP contribution >= 0.6 is 0 Å². The number of rotatable bonds is 2. The van der Waals surface area contributed by atoms with Gasteiger partial charge in [-0.15, -0.1) is 0 Å². The van der Waals surface area contributed by atoms with Gasteiger partial charge in [0.15, 0.2) is 0 Å². The summed E-state index contributed by atoms with van der Waals surface area (Å²) in [6.45, 7) is 3.21. The van der Waals surface area contributed by atoms with Gasteiger partial charge in [0, 0.05) is 39.1 Å². The average Bonchev–Trinajstić information content (AvgIpc) is 3.03. The largest absolute Gasteiger partial charge is 0.350 e. The zero-order valence-corrected chi connectivity index (χ0v) is 15.9. The first-order valence-electron chi connectivity index (χ1n) is 9.90. The number of para-hydroxylation sites is 1. The number of likely N-dealkylation sites (tertiary alicyclic amines) is 2. The molecule has 0 saturated carbocycles. The van der Waals surface area contributed by atoms with Gasteiger partial charge in [0.05, 0.1) is 5.69 Å². The highest BCUT2D eigenvalue weighted by molar-refractivity contribution is 5.74. The van der Waals surface area contributed by atoms with Crippen LogP contribution in [0.2, 0.25) is 0 Å². The Morgan fingerprint density at radius 2 is 1.59 bits per heavy atom. The zero-order valence-electron chi connectivity index (χ0n) is 15.9. The first-order valence-corrected chi connectivity index (χ1v) is 9.90. The molecule has 27 heavy (non-hydrogen) atoms. The molecule has 144 valence electrons. The van der Waals surface area contributed by atoms with Crippen molar-refractivity contribution in [3.63, 3.8) is 0 Å². The number of piperidine rings is 2. The van der Waals surface area contributed by atoms with Crippen molar-refractivity contribution < 1.29 is 4.79 Å². The van der Waals surface area contributed by atoms with E-state index in [4.69, 9.17) is 0 Å². The molecule has 0 bridgehead atoms. The van der Waals surface area contributed by atoms with Gasteiger partial charge in [0.25, 0.3) is 0 Å². The van der Waals surface area contributed by atoms with Crippen LogP contribution in [0.1, 0.15) is 43.8 Å². The Kier molecular flexibility index (Phi) is 5.01. The number of aryl methyl sites for hydroxylation is 1. The maximum absolute atomic E-state index is 12.7. The molecule has 2 aliphatic rings. The molecule has 0 N–H and O–H groups in total. The van der Waals surface area contributed by atoms with E-state index < -0.39 is 0 Å². The third-order valence-corrected chi connectivity index (χ3v) is 5.72. The van der Waals surface area contributed by atoms with Crippen LogP contribution in [0.5, 0.6) is 0 Å². The molecule has 2 amide bonds. The SMILES string of the molecule is Cn1nc(C2CCN(C(=O)N3CCCCC3)CC2)n(-c2ccccc2)c1=O. The molecule has 0 radical (unpaired) electrons. The average molecular weight is 369 g/mol.